The average molecular weight is 207 g/mol. The second-order valence-electron chi connectivity index (χ2n) is 3.55. The van der Waals surface area contributed by atoms with Crippen LogP contribution in [0.5, 0.6) is 0 Å². The Morgan fingerprint density at radius 1 is 1.33 bits per heavy atom. The molecule has 0 saturated heterocycles. The lowest BCUT2D eigenvalue weighted by Gasteiger charge is -2.19. The van der Waals surface area contributed by atoms with Gasteiger partial charge in [0.1, 0.15) is 0 Å². The predicted octanol–water partition coefficient (Wildman–Crippen LogP) is 1.47. The Bertz CT molecular complexity index is 324. The molecular formula is C11H17N3O. The standard InChI is InChI=1S/C11H17N3O/c1-8(10-6-4-3-5-7-10)13-9(2)11(12)14-15/h3-9,13,15H,1-2H3,(H2,12,14). The molecule has 4 heteroatoms. The Balaban J connectivity index is 2.60. The van der Waals surface area contributed by atoms with Crippen molar-refractivity contribution in [3.63, 3.8) is 0 Å². The first-order valence-electron chi connectivity index (χ1n) is 4.93. The quantitative estimate of drug-likeness (QED) is 0.303. The molecule has 4 nitrogen and oxygen atoms in total. The van der Waals surface area contributed by atoms with Gasteiger partial charge in [0, 0.05) is 6.04 Å². The van der Waals surface area contributed by atoms with Crippen LogP contribution >= 0.6 is 0 Å². The summed E-state index contributed by atoms with van der Waals surface area (Å²) in [4.78, 5) is 0. The summed E-state index contributed by atoms with van der Waals surface area (Å²) in [7, 11) is 0. The molecule has 0 aliphatic rings. The topological polar surface area (TPSA) is 70.6 Å². The maximum Gasteiger partial charge on any atom is 0.156 e. The summed E-state index contributed by atoms with van der Waals surface area (Å²) >= 11 is 0. The number of amidine groups is 1. The van der Waals surface area contributed by atoms with Crippen LogP contribution in [0.4, 0.5) is 0 Å². The molecule has 15 heavy (non-hydrogen) atoms. The lowest BCUT2D eigenvalue weighted by molar-refractivity contribution is 0.314. The predicted molar refractivity (Wildman–Crippen MR) is 60.9 cm³/mol. The van der Waals surface area contributed by atoms with Gasteiger partial charge in [0.15, 0.2) is 5.84 Å². The van der Waals surface area contributed by atoms with Crippen LogP contribution in [0, 0.1) is 0 Å². The molecule has 0 aromatic heterocycles. The largest absolute Gasteiger partial charge is 0.409 e. The fraction of sp³-hybridized carbons (Fsp3) is 0.364. The number of nitrogens with one attached hydrogen (secondary N) is 1. The Kier molecular flexibility index (Phi) is 4.12. The minimum absolute atomic E-state index is 0.148. The molecule has 0 bridgehead atoms. The van der Waals surface area contributed by atoms with Crippen molar-refractivity contribution in [2.75, 3.05) is 0 Å². The maximum atomic E-state index is 8.51. The molecule has 1 rings (SSSR count). The number of rotatable bonds is 4. The monoisotopic (exact) mass is 207 g/mol. The van der Waals surface area contributed by atoms with Crippen molar-refractivity contribution >= 4 is 5.84 Å². The minimum atomic E-state index is -0.148. The summed E-state index contributed by atoms with van der Waals surface area (Å²) in [6.07, 6.45) is 0. The molecule has 0 aliphatic heterocycles. The van der Waals surface area contributed by atoms with E-state index in [4.69, 9.17) is 10.9 Å². The Morgan fingerprint density at radius 3 is 2.47 bits per heavy atom. The van der Waals surface area contributed by atoms with Gasteiger partial charge in [0.2, 0.25) is 0 Å². The lowest BCUT2D eigenvalue weighted by atomic mass is 10.1. The second kappa shape index (κ2) is 5.36. The van der Waals surface area contributed by atoms with E-state index in [0.717, 1.165) is 0 Å². The molecule has 0 saturated carbocycles. The van der Waals surface area contributed by atoms with Crippen LogP contribution in [0.3, 0.4) is 0 Å². The minimum Gasteiger partial charge on any atom is -0.409 e. The summed E-state index contributed by atoms with van der Waals surface area (Å²) < 4.78 is 0. The molecule has 0 spiro atoms. The van der Waals surface area contributed by atoms with Gasteiger partial charge in [-0.15, -0.1) is 0 Å². The molecule has 0 radical (unpaired) electrons. The average Bonchev–Trinajstić information content (AvgIpc) is 2.29. The normalized spacial score (nSPS) is 16.0. The molecule has 1 aromatic carbocycles. The van der Waals surface area contributed by atoms with E-state index in [9.17, 15) is 0 Å². The van der Waals surface area contributed by atoms with Crippen LogP contribution in [-0.2, 0) is 0 Å². The number of hydrogen-bond acceptors (Lipinski definition) is 3. The molecule has 0 aliphatic carbocycles. The zero-order chi connectivity index (χ0) is 11.3. The van der Waals surface area contributed by atoms with Crippen molar-refractivity contribution in [1.82, 2.24) is 5.32 Å². The Morgan fingerprint density at radius 2 is 1.93 bits per heavy atom. The zero-order valence-electron chi connectivity index (χ0n) is 9.01. The van der Waals surface area contributed by atoms with Crippen molar-refractivity contribution in [3.05, 3.63) is 35.9 Å². The highest BCUT2D eigenvalue weighted by Gasteiger charge is 2.11. The highest BCUT2D eigenvalue weighted by Crippen LogP contribution is 2.11. The number of benzene rings is 1. The number of oxime groups is 1. The third kappa shape index (κ3) is 3.25. The van der Waals surface area contributed by atoms with Gasteiger partial charge in [-0.3, -0.25) is 0 Å². The first-order valence-corrected chi connectivity index (χ1v) is 4.93. The van der Waals surface area contributed by atoms with Crippen LogP contribution in [0.1, 0.15) is 25.5 Å². The lowest BCUT2D eigenvalue weighted by Crippen LogP contribution is -2.40. The van der Waals surface area contributed by atoms with E-state index in [1.165, 1.54) is 5.56 Å². The number of nitrogens with zero attached hydrogens (tertiary/aromatic N) is 1. The van der Waals surface area contributed by atoms with Gasteiger partial charge in [0.05, 0.1) is 6.04 Å². The molecule has 0 amide bonds. The SMILES string of the molecule is CC(NC(C)c1ccccc1)C(N)=NO. The highest BCUT2D eigenvalue weighted by atomic mass is 16.4. The van der Waals surface area contributed by atoms with E-state index < -0.39 is 0 Å². The second-order valence-corrected chi connectivity index (χ2v) is 3.55. The van der Waals surface area contributed by atoms with Crippen LogP contribution in [0.25, 0.3) is 0 Å². The van der Waals surface area contributed by atoms with Crippen molar-refractivity contribution < 1.29 is 5.21 Å². The van der Waals surface area contributed by atoms with Crippen LogP contribution in [0.2, 0.25) is 0 Å². The van der Waals surface area contributed by atoms with Crippen molar-refractivity contribution in [2.45, 2.75) is 25.9 Å². The van der Waals surface area contributed by atoms with Gasteiger partial charge >= 0.3 is 0 Å². The molecule has 2 atom stereocenters. The molecular weight excluding hydrogens is 190 g/mol. The van der Waals surface area contributed by atoms with E-state index in [2.05, 4.69) is 10.5 Å². The van der Waals surface area contributed by atoms with Crippen LogP contribution < -0.4 is 11.1 Å². The van der Waals surface area contributed by atoms with Gasteiger partial charge < -0.3 is 16.3 Å². The van der Waals surface area contributed by atoms with E-state index in [0.29, 0.717) is 0 Å². The molecule has 0 fully saturated rings. The zero-order valence-corrected chi connectivity index (χ0v) is 9.01. The van der Waals surface area contributed by atoms with Gasteiger partial charge in [-0.05, 0) is 19.4 Å². The van der Waals surface area contributed by atoms with E-state index in [-0.39, 0.29) is 17.9 Å². The number of nitrogens with two attached hydrogens (primary N) is 1. The smallest absolute Gasteiger partial charge is 0.156 e. The summed E-state index contributed by atoms with van der Waals surface area (Å²) in [5, 5.41) is 14.7. The third-order valence-corrected chi connectivity index (χ3v) is 2.36. The van der Waals surface area contributed by atoms with Gasteiger partial charge in [-0.25, -0.2) is 0 Å². The Hall–Kier alpha value is -1.55. The molecule has 0 heterocycles. The molecule has 1 aromatic rings. The Labute approximate surface area is 89.8 Å². The van der Waals surface area contributed by atoms with Crippen LogP contribution in [-0.4, -0.2) is 17.1 Å². The van der Waals surface area contributed by atoms with Crippen LogP contribution in [0.15, 0.2) is 35.5 Å². The summed E-state index contributed by atoms with van der Waals surface area (Å²) in [6, 6.07) is 10.0. The molecule has 82 valence electrons. The van der Waals surface area contributed by atoms with Crippen molar-refractivity contribution in [3.8, 4) is 0 Å². The van der Waals surface area contributed by atoms with Crippen molar-refractivity contribution in [2.24, 2.45) is 10.9 Å². The summed E-state index contributed by atoms with van der Waals surface area (Å²) in [5.74, 6) is 0.192. The maximum absolute atomic E-state index is 8.51. The fourth-order valence-corrected chi connectivity index (χ4v) is 1.38. The highest BCUT2D eigenvalue weighted by molar-refractivity contribution is 5.84. The van der Waals surface area contributed by atoms with Gasteiger partial charge in [-0.1, -0.05) is 35.5 Å². The first kappa shape index (κ1) is 11.5. The fourth-order valence-electron chi connectivity index (χ4n) is 1.38. The molecule has 4 N–H and O–H groups in total. The first-order chi connectivity index (χ1) is 7.15. The van der Waals surface area contributed by atoms with E-state index in [1.807, 2.05) is 44.2 Å². The van der Waals surface area contributed by atoms with Gasteiger partial charge in [-0.2, -0.15) is 0 Å². The van der Waals surface area contributed by atoms with Gasteiger partial charge in [0.25, 0.3) is 0 Å². The molecule has 2 unspecified atom stereocenters. The third-order valence-electron chi connectivity index (χ3n) is 2.36. The summed E-state index contributed by atoms with van der Waals surface area (Å²) in [5.41, 5.74) is 6.66. The summed E-state index contributed by atoms with van der Waals surface area (Å²) in [6.45, 7) is 3.89. The number of hydrogen-bond donors (Lipinski definition) is 3. The van der Waals surface area contributed by atoms with E-state index in [1.54, 1.807) is 0 Å². The van der Waals surface area contributed by atoms with E-state index >= 15 is 0 Å². The van der Waals surface area contributed by atoms with Crippen molar-refractivity contribution in [1.29, 1.82) is 0 Å².